The SMILES string of the molecule is N#Cc1nccnc1NC1CCN(CC2CCCCC2)CC1. The first-order chi connectivity index (χ1) is 10.8. The molecule has 1 aliphatic carbocycles. The van der Waals surface area contributed by atoms with Gasteiger partial charge in [0.05, 0.1) is 0 Å². The van der Waals surface area contributed by atoms with E-state index >= 15 is 0 Å². The van der Waals surface area contributed by atoms with Crippen LogP contribution in [0.1, 0.15) is 50.6 Å². The van der Waals surface area contributed by atoms with Crippen LogP contribution in [0.5, 0.6) is 0 Å². The summed E-state index contributed by atoms with van der Waals surface area (Å²) in [7, 11) is 0. The van der Waals surface area contributed by atoms with Crippen molar-refractivity contribution in [2.45, 2.75) is 51.0 Å². The standard InChI is InChI=1S/C17H25N5/c18-12-16-17(20-9-8-19-16)21-15-6-10-22(11-7-15)13-14-4-2-1-3-5-14/h8-9,14-15H,1-7,10-11,13H2,(H,20,21). The van der Waals surface area contributed by atoms with Crippen molar-refractivity contribution >= 4 is 5.82 Å². The fourth-order valence-electron chi connectivity index (χ4n) is 3.71. The smallest absolute Gasteiger partial charge is 0.182 e. The van der Waals surface area contributed by atoms with Crippen LogP contribution in [0.2, 0.25) is 0 Å². The van der Waals surface area contributed by atoms with Crippen LogP contribution in [0.15, 0.2) is 12.4 Å². The number of aromatic nitrogens is 2. The zero-order chi connectivity index (χ0) is 15.2. The summed E-state index contributed by atoms with van der Waals surface area (Å²) >= 11 is 0. The zero-order valence-electron chi connectivity index (χ0n) is 13.2. The molecule has 1 saturated heterocycles. The van der Waals surface area contributed by atoms with Crippen molar-refractivity contribution < 1.29 is 0 Å². The van der Waals surface area contributed by atoms with Gasteiger partial charge in [-0.15, -0.1) is 0 Å². The number of nitriles is 1. The number of nitrogens with one attached hydrogen (secondary N) is 1. The van der Waals surface area contributed by atoms with Gasteiger partial charge in [0.25, 0.3) is 0 Å². The van der Waals surface area contributed by atoms with E-state index in [0.29, 0.717) is 17.6 Å². The van der Waals surface area contributed by atoms with Crippen LogP contribution in [0, 0.1) is 17.2 Å². The topological polar surface area (TPSA) is 64.8 Å². The molecule has 3 rings (SSSR count). The second-order valence-electron chi connectivity index (χ2n) is 6.59. The molecule has 0 unspecified atom stereocenters. The molecule has 2 aliphatic rings. The van der Waals surface area contributed by atoms with Gasteiger partial charge < -0.3 is 10.2 Å². The second kappa shape index (κ2) is 7.55. The average Bonchev–Trinajstić information content (AvgIpc) is 2.58. The van der Waals surface area contributed by atoms with Gasteiger partial charge in [-0.05, 0) is 31.6 Å². The zero-order valence-corrected chi connectivity index (χ0v) is 13.2. The minimum absolute atomic E-state index is 0.395. The number of hydrogen-bond donors (Lipinski definition) is 1. The van der Waals surface area contributed by atoms with E-state index < -0.39 is 0 Å². The van der Waals surface area contributed by atoms with Crippen molar-refractivity contribution in [3.05, 3.63) is 18.1 Å². The number of hydrogen-bond acceptors (Lipinski definition) is 5. The molecule has 0 bridgehead atoms. The lowest BCUT2D eigenvalue weighted by Crippen LogP contribution is -2.41. The van der Waals surface area contributed by atoms with E-state index in [9.17, 15) is 0 Å². The lowest BCUT2D eigenvalue weighted by Gasteiger charge is -2.35. The number of anilines is 1. The predicted octanol–water partition coefficient (Wildman–Crippen LogP) is 2.80. The molecule has 2 fully saturated rings. The van der Waals surface area contributed by atoms with Gasteiger partial charge in [0.2, 0.25) is 0 Å². The van der Waals surface area contributed by atoms with E-state index in [0.717, 1.165) is 31.8 Å². The van der Waals surface area contributed by atoms with Crippen molar-refractivity contribution in [2.24, 2.45) is 5.92 Å². The molecular formula is C17H25N5. The summed E-state index contributed by atoms with van der Waals surface area (Å²) in [6.45, 7) is 3.58. The summed E-state index contributed by atoms with van der Waals surface area (Å²) in [5.41, 5.74) is 0.395. The molecular weight excluding hydrogens is 274 g/mol. The Morgan fingerprint density at radius 2 is 1.82 bits per heavy atom. The van der Waals surface area contributed by atoms with Crippen LogP contribution >= 0.6 is 0 Å². The van der Waals surface area contributed by atoms with Gasteiger partial charge in [0.15, 0.2) is 11.5 Å². The molecule has 0 aromatic carbocycles. The molecule has 1 N–H and O–H groups in total. The van der Waals surface area contributed by atoms with Crippen LogP contribution in [0.25, 0.3) is 0 Å². The normalized spacial score (nSPS) is 21.4. The fourth-order valence-corrected chi connectivity index (χ4v) is 3.71. The maximum Gasteiger partial charge on any atom is 0.182 e. The average molecular weight is 299 g/mol. The van der Waals surface area contributed by atoms with Gasteiger partial charge in [-0.25, -0.2) is 9.97 Å². The Balaban J connectivity index is 1.46. The lowest BCUT2D eigenvalue weighted by molar-refractivity contribution is 0.168. The molecule has 0 atom stereocenters. The summed E-state index contributed by atoms with van der Waals surface area (Å²) in [5, 5.41) is 12.5. The highest BCUT2D eigenvalue weighted by molar-refractivity contribution is 5.47. The molecule has 1 saturated carbocycles. The summed E-state index contributed by atoms with van der Waals surface area (Å²) < 4.78 is 0. The molecule has 0 radical (unpaired) electrons. The Morgan fingerprint density at radius 1 is 1.09 bits per heavy atom. The molecule has 0 amide bonds. The van der Waals surface area contributed by atoms with Crippen molar-refractivity contribution in [3.63, 3.8) is 0 Å². The van der Waals surface area contributed by atoms with Crippen molar-refractivity contribution in [2.75, 3.05) is 25.0 Å². The van der Waals surface area contributed by atoms with Crippen LogP contribution in [-0.4, -0.2) is 40.5 Å². The Kier molecular flexibility index (Phi) is 5.23. The van der Waals surface area contributed by atoms with Gasteiger partial charge in [-0.2, -0.15) is 5.26 Å². The van der Waals surface area contributed by atoms with Crippen LogP contribution in [-0.2, 0) is 0 Å². The van der Waals surface area contributed by atoms with Gasteiger partial charge in [-0.1, -0.05) is 19.3 Å². The molecule has 5 nitrogen and oxygen atoms in total. The number of likely N-dealkylation sites (tertiary alicyclic amines) is 1. The van der Waals surface area contributed by atoms with Gasteiger partial charge in [0, 0.05) is 38.1 Å². The van der Waals surface area contributed by atoms with E-state index in [1.165, 1.54) is 38.6 Å². The summed E-state index contributed by atoms with van der Waals surface area (Å²) in [6, 6.07) is 2.51. The number of piperidine rings is 1. The highest BCUT2D eigenvalue weighted by atomic mass is 15.2. The number of nitrogens with zero attached hydrogens (tertiary/aromatic N) is 4. The minimum Gasteiger partial charge on any atom is -0.365 e. The molecule has 0 spiro atoms. The van der Waals surface area contributed by atoms with Crippen molar-refractivity contribution in [1.82, 2.24) is 14.9 Å². The highest BCUT2D eigenvalue weighted by Crippen LogP contribution is 2.26. The van der Waals surface area contributed by atoms with E-state index in [4.69, 9.17) is 5.26 Å². The highest BCUT2D eigenvalue weighted by Gasteiger charge is 2.23. The van der Waals surface area contributed by atoms with Crippen LogP contribution in [0.4, 0.5) is 5.82 Å². The lowest BCUT2D eigenvalue weighted by atomic mass is 9.88. The predicted molar refractivity (Wildman–Crippen MR) is 86.4 cm³/mol. The Hall–Kier alpha value is -1.67. The first kappa shape index (κ1) is 15.2. The Morgan fingerprint density at radius 3 is 2.55 bits per heavy atom. The third-order valence-corrected chi connectivity index (χ3v) is 4.97. The first-order valence-electron chi connectivity index (χ1n) is 8.55. The Labute approximate surface area is 132 Å². The van der Waals surface area contributed by atoms with E-state index in [1.54, 1.807) is 12.4 Å². The molecule has 1 aromatic rings. The molecule has 2 heterocycles. The van der Waals surface area contributed by atoms with Crippen LogP contribution in [0.3, 0.4) is 0 Å². The molecule has 5 heteroatoms. The summed E-state index contributed by atoms with van der Waals surface area (Å²) in [6.07, 6.45) is 12.6. The van der Waals surface area contributed by atoms with Gasteiger partial charge in [0.1, 0.15) is 6.07 Å². The summed E-state index contributed by atoms with van der Waals surface area (Å²) in [5.74, 6) is 1.55. The number of rotatable bonds is 4. The molecule has 1 aromatic heterocycles. The molecule has 1 aliphatic heterocycles. The fraction of sp³-hybridized carbons (Fsp3) is 0.706. The van der Waals surface area contributed by atoms with E-state index in [2.05, 4.69) is 26.3 Å². The van der Waals surface area contributed by atoms with Gasteiger partial charge in [-0.3, -0.25) is 0 Å². The van der Waals surface area contributed by atoms with Crippen molar-refractivity contribution in [1.29, 1.82) is 5.26 Å². The third kappa shape index (κ3) is 3.95. The Bertz CT molecular complexity index is 510. The first-order valence-corrected chi connectivity index (χ1v) is 8.55. The maximum atomic E-state index is 9.07. The second-order valence-corrected chi connectivity index (χ2v) is 6.59. The largest absolute Gasteiger partial charge is 0.365 e. The monoisotopic (exact) mass is 299 g/mol. The third-order valence-electron chi connectivity index (χ3n) is 4.97. The molecule has 22 heavy (non-hydrogen) atoms. The summed E-state index contributed by atoms with van der Waals surface area (Å²) in [4.78, 5) is 10.9. The quantitative estimate of drug-likeness (QED) is 0.926. The van der Waals surface area contributed by atoms with Crippen LogP contribution < -0.4 is 5.32 Å². The van der Waals surface area contributed by atoms with E-state index in [-0.39, 0.29) is 0 Å². The van der Waals surface area contributed by atoms with Gasteiger partial charge >= 0.3 is 0 Å². The molecule has 118 valence electrons. The minimum atomic E-state index is 0.395. The van der Waals surface area contributed by atoms with E-state index in [1.807, 2.05) is 0 Å². The van der Waals surface area contributed by atoms with Crippen molar-refractivity contribution in [3.8, 4) is 6.07 Å². The maximum absolute atomic E-state index is 9.07.